The van der Waals surface area contributed by atoms with Crippen molar-refractivity contribution in [3.63, 3.8) is 0 Å². The van der Waals surface area contributed by atoms with Gasteiger partial charge in [-0.1, -0.05) is 40.2 Å². The lowest BCUT2D eigenvalue weighted by atomic mass is 10.1. The Morgan fingerprint density at radius 2 is 1.97 bits per heavy atom. The van der Waals surface area contributed by atoms with Gasteiger partial charge in [-0.25, -0.2) is 5.43 Å². The third-order valence-corrected chi connectivity index (χ3v) is 4.76. The number of carbonyl (C=O) groups is 1. The molecule has 1 heterocycles. The van der Waals surface area contributed by atoms with Crippen molar-refractivity contribution in [1.29, 1.82) is 5.26 Å². The Labute approximate surface area is 180 Å². The number of nitrogens with zero attached hydrogens (tertiary/aromatic N) is 4. The largest absolute Gasteiger partial charge is 0.494 e. The van der Waals surface area contributed by atoms with E-state index in [1.165, 1.54) is 20.2 Å². The number of hydrogen-bond acceptors (Lipinski definition) is 6. The fourth-order valence-electron chi connectivity index (χ4n) is 2.69. The molecule has 0 radical (unpaired) electrons. The fraction of sp³-hybridized carbons (Fsp3) is 0.0952. The standard InChI is InChI=1S/C21H16BrN5O3/c1-13-16(11-23)21(29)27(17-5-3-4-6-18(17)30-2)26-19(13)20(28)25-24-12-14-7-9-15(22)10-8-14/h3-10,12H,1-2H3,(H,25,28)/b24-12+. The van der Waals surface area contributed by atoms with Crippen molar-refractivity contribution in [3.05, 3.63) is 85.7 Å². The van der Waals surface area contributed by atoms with Crippen LogP contribution < -0.4 is 15.7 Å². The molecule has 8 nitrogen and oxygen atoms in total. The van der Waals surface area contributed by atoms with Crippen molar-refractivity contribution in [2.45, 2.75) is 6.92 Å². The molecule has 0 saturated heterocycles. The minimum absolute atomic E-state index is 0.0926. The van der Waals surface area contributed by atoms with Crippen molar-refractivity contribution in [1.82, 2.24) is 15.2 Å². The highest BCUT2D eigenvalue weighted by atomic mass is 79.9. The molecule has 3 aromatic rings. The van der Waals surface area contributed by atoms with Crippen molar-refractivity contribution in [3.8, 4) is 17.5 Å². The molecule has 0 aliphatic carbocycles. The maximum absolute atomic E-state index is 12.7. The van der Waals surface area contributed by atoms with Gasteiger partial charge < -0.3 is 4.74 Å². The van der Waals surface area contributed by atoms with Gasteiger partial charge in [0.15, 0.2) is 5.69 Å². The Bertz CT molecular complexity index is 1230. The van der Waals surface area contributed by atoms with E-state index in [9.17, 15) is 14.9 Å². The summed E-state index contributed by atoms with van der Waals surface area (Å²) in [6, 6.07) is 15.9. The predicted octanol–water partition coefficient (Wildman–Crippen LogP) is 2.95. The summed E-state index contributed by atoms with van der Waals surface area (Å²) in [5.41, 5.74) is 2.72. The summed E-state index contributed by atoms with van der Waals surface area (Å²) in [5.74, 6) is -0.277. The van der Waals surface area contributed by atoms with Gasteiger partial charge in [-0.15, -0.1) is 0 Å². The second-order valence-corrected chi connectivity index (χ2v) is 7.02. The van der Waals surface area contributed by atoms with Crippen LogP contribution in [0.25, 0.3) is 5.69 Å². The monoisotopic (exact) mass is 465 g/mol. The van der Waals surface area contributed by atoms with Crippen LogP contribution in [-0.4, -0.2) is 29.0 Å². The lowest BCUT2D eigenvalue weighted by molar-refractivity contribution is 0.0947. The molecule has 1 N–H and O–H groups in total. The molecule has 0 saturated carbocycles. The molecule has 0 fully saturated rings. The van der Waals surface area contributed by atoms with Crippen molar-refractivity contribution in [2.75, 3.05) is 7.11 Å². The SMILES string of the molecule is COc1ccccc1-n1nc(C(=O)N/N=C/c2ccc(Br)cc2)c(C)c(C#N)c1=O. The predicted molar refractivity (Wildman–Crippen MR) is 115 cm³/mol. The second-order valence-electron chi connectivity index (χ2n) is 6.10. The van der Waals surface area contributed by atoms with Crippen LogP contribution >= 0.6 is 15.9 Å². The van der Waals surface area contributed by atoms with Crippen LogP contribution in [0.15, 0.2) is 62.9 Å². The molecular weight excluding hydrogens is 450 g/mol. The molecule has 0 spiro atoms. The summed E-state index contributed by atoms with van der Waals surface area (Å²) in [6.07, 6.45) is 1.47. The minimum Gasteiger partial charge on any atom is -0.494 e. The zero-order chi connectivity index (χ0) is 21.7. The summed E-state index contributed by atoms with van der Waals surface area (Å²) < 4.78 is 7.18. The zero-order valence-corrected chi connectivity index (χ0v) is 17.7. The number of hydrogen-bond donors (Lipinski definition) is 1. The van der Waals surface area contributed by atoms with E-state index in [0.717, 1.165) is 14.7 Å². The maximum Gasteiger partial charge on any atom is 0.292 e. The van der Waals surface area contributed by atoms with E-state index in [2.05, 4.69) is 31.6 Å². The first-order valence-corrected chi connectivity index (χ1v) is 9.52. The molecule has 9 heteroatoms. The van der Waals surface area contributed by atoms with E-state index in [0.29, 0.717) is 11.4 Å². The van der Waals surface area contributed by atoms with E-state index in [-0.39, 0.29) is 16.8 Å². The number of rotatable bonds is 5. The highest BCUT2D eigenvalue weighted by molar-refractivity contribution is 9.10. The number of amides is 1. The Hall–Kier alpha value is -3.77. The number of benzene rings is 2. The van der Waals surface area contributed by atoms with Crippen LogP contribution in [0, 0.1) is 18.3 Å². The number of nitriles is 1. The van der Waals surface area contributed by atoms with Gasteiger partial charge in [0.25, 0.3) is 11.5 Å². The number of ether oxygens (including phenoxy) is 1. The van der Waals surface area contributed by atoms with Crippen molar-refractivity contribution in [2.24, 2.45) is 5.10 Å². The molecule has 1 amide bonds. The third kappa shape index (κ3) is 4.29. The first-order valence-electron chi connectivity index (χ1n) is 8.72. The molecule has 0 bridgehead atoms. The summed E-state index contributed by atoms with van der Waals surface area (Å²) in [7, 11) is 1.45. The smallest absolute Gasteiger partial charge is 0.292 e. The zero-order valence-electron chi connectivity index (χ0n) is 16.1. The van der Waals surface area contributed by atoms with Gasteiger partial charge in [0, 0.05) is 10.0 Å². The normalized spacial score (nSPS) is 10.6. The number of methoxy groups -OCH3 is 1. The number of halogens is 1. The van der Waals surface area contributed by atoms with E-state index < -0.39 is 11.5 Å². The molecular formula is C21H16BrN5O3. The average molecular weight is 466 g/mol. The average Bonchev–Trinajstić information content (AvgIpc) is 2.75. The molecule has 2 aromatic carbocycles. The number of aromatic nitrogens is 2. The number of hydrazone groups is 1. The minimum atomic E-state index is -0.652. The maximum atomic E-state index is 12.7. The van der Waals surface area contributed by atoms with Gasteiger partial charge in [0.05, 0.1) is 13.3 Å². The summed E-state index contributed by atoms with van der Waals surface area (Å²) in [4.78, 5) is 25.4. The highest BCUT2D eigenvalue weighted by Crippen LogP contribution is 2.21. The number of carbonyl (C=O) groups excluding carboxylic acids is 1. The van der Waals surface area contributed by atoms with Crippen LogP contribution in [0.1, 0.15) is 27.2 Å². The molecule has 150 valence electrons. The van der Waals surface area contributed by atoms with Crippen molar-refractivity contribution >= 4 is 28.1 Å². The molecule has 0 aliphatic rings. The Morgan fingerprint density at radius 3 is 2.63 bits per heavy atom. The van der Waals surface area contributed by atoms with E-state index in [1.807, 2.05) is 30.3 Å². The van der Waals surface area contributed by atoms with Gasteiger partial charge in [-0.05, 0) is 36.8 Å². The Balaban J connectivity index is 2.00. The second kappa shape index (κ2) is 9.15. The molecule has 0 aliphatic heterocycles. The molecule has 0 atom stereocenters. The first kappa shape index (κ1) is 21.0. The fourth-order valence-corrected chi connectivity index (χ4v) is 2.95. The van der Waals surface area contributed by atoms with Gasteiger partial charge in [0.1, 0.15) is 23.1 Å². The topological polar surface area (TPSA) is 109 Å². The van der Waals surface area contributed by atoms with Crippen molar-refractivity contribution < 1.29 is 9.53 Å². The van der Waals surface area contributed by atoms with Gasteiger partial charge in [-0.2, -0.15) is 20.1 Å². The Kier molecular flexibility index (Phi) is 6.39. The van der Waals surface area contributed by atoms with Crippen LogP contribution in [-0.2, 0) is 0 Å². The number of para-hydroxylation sites is 2. The quantitative estimate of drug-likeness (QED) is 0.460. The van der Waals surface area contributed by atoms with Crippen LogP contribution in [0.3, 0.4) is 0 Å². The van der Waals surface area contributed by atoms with E-state index in [1.54, 1.807) is 24.3 Å². The van der Waals surface area contributed by atoms with Gasteiger partial charge >= 0.3 is 0 Å². The summed E-state index contributed by atoms with van der Waals surface area (Å²) in [5, 5.41) is 17.6. The highest BCUT2D eigenvalue weighted by Gasteiger charge is 2.21. The molecule has 1 aromatic heterocycles. The first-order chi connectivity index (χ1) is 14.5. The van der Waals surface area contributed by atoms with Gasteiger partial charge in [0.2, 0.25) is 0 Å². The Morgan fingerprint density at radius 1 is 1.27 bits per heavy atom. The lowest BCUT2D eigenvalue weighted by Gasteiger charge is -2.13. The van der Waals surface area contributed by atoms with E-state index >= 15 is 0 Å². The van der Waals surface area contributed by atoms with Crippen LogP contribution in [0.4, 0.5) is 0 Å². The van der Waals surface area contributed by atoms with Crippen LogP contribution in [0.2, 0.25) is 0 Å². The number of nitrogens with one attached hydrogen (secondary N) is 1. The lowest BCUT2D eigenvalue weighted by Crippen LogP contribution is -2.31. The third-order valence-electron chi connectivity index (χ3n) is 4.23. The summed E-state index contributed by atoms with van der Waals surface area (Å²) in [6.45, 7) is 1.49. The molecule has 30 heavy (non-hydrogen) atoms. The van der Waals surface area contributed by atoms with Gasteiger partial charge in [-0.3, -0.25) is 9.59 Å². The molecule has 3 rings (SSSR count). The van der Waals surface area contributed by atoms with E-state index in [4.69, 9.17) is 4.74 Å². The van der Waals surface area contributed by atoms with Crippen LogP contribution in [0.5, 0.6) is 5.75 Å². The molecule has 0 unspecified atom stereocenters. The summed E-state index contributed by atoms with van der Waals surface area (Å²) >= 11 is 3.35.